The highest BCUT2D eigenvalue weighted by Crippen LogP contribution is 2.68. The third-order valence-corrected chi connectivity index (χ3v) is 11.2. The first-order chi connectivity index (χ1) is 14.9. The number of carbonyl (C=O) groups is 1. The predicted molar refractivity (Wildman–Crippen MR) is 120 cm³/mol. The number of phosphoric ester groups is 1. The fourth-order valence-corrected chi connectivity index (χ4v) is 9.57. The van der Waals surface area contributed by atoms with Crippen LogP contribution >= 0.6 is 7.82 Å². The van der Waals surface area contributed by atoms with Crippen molar-refractivity contribution in [2.24, 2.45) is 46.3 Å². The minimum Gasteiger partial charge on any atom is -0.481 e. The first kappa shape index (κ1) is 24.7. The van der Waals surface area contributed by atoms with E-state index in [1.807, 2.05) is 0 Å². The van der Waals surface area contributed by atoms with Crippen LogP contribution < -0.4 is 0 Å². The molecule has 0 bridgehead atoms. The lowest BCUT2D eigenvalue weighted by molar-refractivity contribution is -0.174. The van der Waals surface area contributed by atoms with Crippen LogP contribution in [0.15, 0.2) is 0 Å². The second kappa shape index (κ2) is 8.64. The first-order valence-corrected chi connectivity index (χ1v) is 14.0. The van der Waals surface area contributed by atoms with Crippen LogP contribution in [0.2, 0.25) is 0 Å². The van der Waals surface area contributed by atoms with Gasteiger partial charge in [-0.25, -0.2) is 4.57 Å². The molecule has 0 aromatic rings. The Kier molecular flexibility index (Phi) is 6.66. The maximum atomic E-state index is 11.5. The van der Waals surface area contributed by atoms with Crippen LogP contribution in [0.1, 0.15) is 85.0 Å². The van der Waals surface area contributed by atoms with Crippen molar-refractivity contribution in [2.45, 2.75) is 97.2 Å². The average Bonchev–Trinajstić information content (AvgIpc) is 3.05. The Balaban J connectivity index is 1.51. The van der Waals surface area contributed by atoms with E-state index in [0.717, 1.165) is 38.5 Å². The van der Waals surface area contributed by atoms with Gasteiger partial charge >= 0.3 is 13.8 Å². The van der Waals surface area contributed by atoms with E-state index in [1.165, 1.54) is 0 Å². The number of aliphatic hydroxyl groups excluding tert-OH is 1. The number of phosphoric acid groups is 1. The van der Waals surface area contributed by atoms with Crippen LogP contribution in [0.3, 0.4) is 0 Å². The monoisotopic (exact) mass is 472 g/mol. The van der Waals surface area contributed by atoms with Gasteiger partial charge in [-0.15, -0.1) is 0 Å². The molecule has 0 spiro atoms. The fourth-order valence-electron chi connectivity index (χ4n) is 8.99. The van der Waals surface area contributed by atoms with Crippen LogP contribution in [0, 0.1) is 46.3 Å². The number of aliphatic carboxylic acids is 1. The molecule has 4 N–H and O–H groups in total. The van der Waals surface area contributed by atoms with Gasteiger partial charge in [-0.2, -0.15) is 0 Å². The fraction of sp³-hybridized carbons (Fsp3) is 0.958. The quantitative estimate of drug-likeness (QED) is 0.417. The lowest BCUT2D eigenvalue weighted by Gasteiger charge is -2.62. The summed E-state index contributed by atoms with van der Waals surface area (Å²) in [4.78, 5) is 29.6. The van der Waals surface area contributed by atoms with Gasteiger partial charge in [0, 0.05) is 6.42 Å². The summed E-state index contributed by atoms with van der Waals surface area (Å²) in [6, 6.07) is 0. The van der Waals surface area contributed by atoms with Gasteiger partial charge in [-0.3, -0.25) is 9.32 Å². The van der Waals surface area contributed by atoms with E-state index in [9.17, 15) is 24.3 Å². The largest absolute Gasteiger partial charge is 0.481 e. The summed E-state index contributed by atoms with van der Waals surface area (Å²) in [5, 5.41) is 20.7. The van der Waals surface area contributed by atoms with E-state index in [1.54, 1.807) is 0 Å². The summed E-state index contributed by atoms with van der Waals surface area (Å²) in [7, 11) is -4.47. The maximum absolute atomic E-state index is 11.5. The highest BCUT2D eigenvalue weighted by Gasteiger charge is 2.63. The number of hydrogen-bond acceptors (Lipinski definition) is 4. The number of fused-ring (bicyclic) bond motifs is 5. The summed E-state index contributed by atoms with van der Waals surface area (Å²) in [6.45, 7) is 6.78. The second-order valence-corrected chi connectivity index (χ2v) is 13.1. The molecule has 0 aromatic heterocycles. The van der Waals surface area contributed by atoms with Gasteiger partial charge < -0.3 is 20.0 Å². The third-order valence-electron chi connectivity index (χ3n) is 10.6. The molecule has 0 heterocycles. The Bertz CT molecular complexity index is 767. The molecule has 0 radical (unpaired) electrons. The smallest absolute Gasteiger partial charge is 0.469 e. The van der Waals surface area contributed by atoms with Gasteiger partial charge in [0.05, 0.1) is 12.2 Å². The van der Waals surface area contributed by atoms with Crippen molar-refractivity contribution >= 4 is 13.8 Å². The van der Waals surface area contributed by atoms with Gasteiger partial charge in [-0.1, -0.05) is 20.8 Å². The van der Waals surface area contributed by atoms with Crippen molar-refractivity contribution in [3.8, 4) is 0 Å². The molecule has 4 fully saturated rings. The van der Waals surface area contributed by atoms with Gasteiger partial charge in [0.25, 0.3) is 0 Å². The van der Waals surface area contributed by atoms with Crippen molar-refractivity contribution in [2.75, 3.05) is 0 Å². The normalized spacial score (nSPS) is 47.2. The van der Waals surface area contributed by atoms with Crippen LogP contribution in [-0.2, 0) is 13.9 Å². The Hall–Kier alpha value is -0.460. The Morgan fingerprint density at radius 1 is 1.09 bits per heavy atom. The predicted octanol–water partition coefficient (Wildman–Crippen LogP) is 4.59. The number of carboxylic acid groups (broad SMARTS) is 1. The topological polar surface area (TPSA) is 124 Å². The molecule has 0 saturated heterocycles. The van der Waals surface area contributed by atoms with E-state index in [4.69, 9.17) is 9.63 Å². The van der Waals surface area contributed by atoms with Crippen LogP contribution in [0.5, 0.6) is 0 Å². The third kappa shape index (κ3) is 4.22. The van der Waals surface area contributed by atoms with E-state index in [-0.39, 0.29) is 29.5 Å². The molecule has 0 unspecified atom stereocenters. The van der Waals surface area contributed by atoms with Crippen LogP contribution in [0.4, 0.5) is 0 Å². The Labute approximate surface area is 191 Å². The van der Waals surface area contributed by atoms with E-state index < -0.39 is 13.8 Å². The second-order valence-electron chi connectivity index (χ2n) is 11.9. The first-order valence-electron chi connectivity index (χ1n) is 12.5. The molecule has 4 rings (SSSR count). The van der Waals surface area contributed by atoms with Gasteiger partial charge in [0.15, 0.2) is 0 Å². The Morgan fingerprint density at radius 3 is 2.47 bits per heavy atom. The summed E-state index contributed by atoms with van der Waals surface area (Å²) < 4.78 is 16.4. The zero-order valence-corrected chi connectivity index (χ0v) is 20.5. The van der Waals surface area contributed by atoms with Gasteiger partial charge in [-0.05, 0) is 104 Å². The summed E-state index contributed by atoms with van der Waals surface area (Å²) in [5.41, 5.74) is -0.0734. The number of aliphatic hydroxyl groups is 1. The zero-order chi connectivity index (χ0) is 23.5. The molecule has 4 aliphatic rings. The van der Waals surface area contributed by atoms with E-state index in [2.05, 4.69) is 20.8 Å². The van der Waals surface area contributed by atoms with E-state index in [0.29, 0.717) is 54.8 Å². The molecule has 4 saturated carbocycles. The lowest BCUT2D eigenvalue weighted by atomic mass is 9.43. The maximum Gasteiger partial charge on any atom is 0.469 e. The molecule has 7 nitrogen and oxygen atoms in total. The molecule has 184 valence electrons. The van der Waals surface area contributed by atoms with Gasteiger partial charge in [0.2, 0.25) is 0 Å². The number of carboxylic acids is 1. The van der Waals surface area contributed by atoms with Crippen molar-refractivity contribution in [3.05, 3.63) is 0 Å². The van der Waals surface area contributed by atoms with Gasteiger partial charge in [0.1, 0.15) is 0 Å². The van der Waals surface area contributed by atoms with Crippen LogP contribution in [-0.4, -0.2) is 38.2 Å². The summed E-state index contributed by atoms with van der Waals surface area (Å²) >= 11 is 0. The van der Waals surface area contributed by atoms with Crippen molar-refractivity contribution < 1.29 is 33.9 Å². The van der Waals surface area contributed by atoms with Crippen molar-refractivity contribution in [1.82, 2.24) is 0 Å². The molecule has 0 amide bonds. The Morgan fingerprint density at radius 2 is 1.81 bits per heavy atom. The number of rotatable bonds is 6. The van der Waals surface area contributed by atoms with Crippen molar-refractivity contribution in [3.63, 3.8) is 0 Å². The lowest BCUT2D eigenvalue weighted by Crippen LogP contribution is -2.58. The number of hydrogen-bond donors (Lipinski definition) is 4. The SMILES string of the molecule is C[C@H](CCC(=O)O)[C@H]1CC[C@H]2[C@@H]3CC[C@@H]4C[C@H](OP(=O)(O)O)CC[C@]4(C)[C@H]3C[C@H](O)[C@]12C. The highest BCUT2D eigenvalue weighted by molar-refractivity contribution is 7.46. The average molecular weight is 473 g/mol. The molecule has 10 atom stereocenters. The molecule has 4 aliphatic carbocycles. The summed E-state index contributed by atoms with van der Waals surface area (Å²) in [6.07, 6.45) is 7.48. The van der Waals surface area contributed by atoms with Crippen LogP contribution in [0.25, 0.3) is 0 Å². The van der Waals surface area contributed by atoms with E-state index >= 15 is 0 Å². The zero-order valence-electron chi connectivity index (χ0n) is 19.7. The molecular weight excluding hydrogens is 431 g/mol. The molecule has 0 aromatic carbocycles. The van der Waals surface area contributed by atoms with Crippen molar-refractivity contribution in [1.29, 1.82) is 0 Å². The minimum atomic E-state index is -4.47. The molecule has 0 aliphatic heterocycles. The standard InChI is InChI=1S/C24H41O7P/c1-14(4-9-22(26)27)18-7-8-19-17-6-5-15-12-16(31-32(28,29)30)10-11-23(15,2)20(17)13-21(25)24(18,19)3/h14-21,25H,4-13H2,1-3H3,(H,26,27)(H2,28,29,30)/t14-,15-,16-,17+,18-,19+,20+,21+,23+,24-/m1/s1. The molecule has 8 heteroatoms. The minimum absolute atomic E-state index is 0.0764. The highest BCUT2D eigenvalue weighted by atomic mass is 31.2. The molecule has 32 heavy (non-hydrogen) atoms. The molecular formula is C24H41O7P. The summed E-state index contributed by atoms with van der Waals surface area (Å²) in [5.74, 6) is 1.75.